The molecule has 0 aliphatic heterocycles. The number of hydrogen-bond acceptors (Lipinski definition) is 0. The molecule has 48 valence electrons. The Morgan fingerprint density at radius 1 is 1.25 bits per heavy atom. The van der Waals surface area contributed by atoms with Crippen molar-refractivity contribution in [1.29, 1.82) is 0 Å². The van der Waals surface area contributed by atoms with E-state index in [4.69, 9.17) is 0 Å². The van der Waals surface area contributed by atoms with Crippen molar-refractivity contribution in [2.24, 2.45) is 0 Å². The molecule has 1 rings (SSSR count). The summed E-state index contributed by atoms with van der Waals surface area (Å²) >= 11 is 0. The van der Waals surface area contributed by atoms with Crippen molar-refractivity contribution >= 4 is 0 Å². The van der Waals surface area contributed by atoms with Gasteiger partial charge in [0.05, 0.1) is 0 Å². The van der Waals surface area contributed by atoms with Crippen LogP contribution in [0.4, 0.5) is 0 Å². The summed E-state index contributed by atoms with van der Waals surface area (Å²) in [5, 5.41) is 0. The lowest BCUT2D eigenvalue weighted by molar-refractivity contribution is 0.703. The molecule has 1 fully saturated rings. The highest BCUT2D eigenvalue weighted by Crippen LogP contribution is 2.36. The average molecular weight is 111 g/mol. The van der Waals surface area contributed by atoms with E-state index in [1.165, 1.54) is 38.5 Å². The number of hydrogen-bond donors (Lipinski definition) is 0. The fraction of sp³-hybridized carbons (Fsp3) is 0.875. The second kappa shape index (κ2) is 3.11. The molecule has 0 atom stereocenters. The van der Waals surface area contributed by atoms with Crippen LogP contribution in [0.25, 0.3) is 0 Å². The zero-order valence-corrected chi connectivity index (χ0v) is 5.74. The van der Waals surface area contributed by atoms with Gasteiger partial charge in [-0.25, -0.2) is 12.8 Å². The van der Waals surface area contributed by atoms with Gasteiger partial charge in [-0.15, -0.1) is 0 Å². The lowest BCUT2D eigenvalue weighted by Gasteiger charge is -2.03. The first-order chi connectivity index (χ1) is 3.93. The zero-order valence-electron chi connectivity index (χ0n) is 5.74. The van der Waals surface area contributed by atoms with E-state index < -0.39 is 0 Å². The first kappa shape index (κ1) is 6.12. The Labute approximate surface area is 52.3 Å². The summed E-state index contributed by atoms with van der Waals surface area (Å²) in [5.74, 6) is 1.82. The van der Waals surface area contributed by atoms with Crippen molar-refractivity contribution in [1.82, 2.24) is 0 Å². The van der Waals surface area contributed by atoms with Crippen LogP contribution in [0.2, 0.25) is 0 Å². The maximum Gasteiger partial charge on any atom is -0.0560 e. The summed E-state index contributed by atoms with van der Waals surface area (Å²) in [7, 11) is 0. The molecule has 0 nitrogen and oxygen atoms in total. The quantitative estimate of drug-likeness (QED) is 0.386. The fourth-order valence-corrected chi connectivity index (χ4v) is 0.963. The van der Waals surface area contributed by atoms with Gasteiger partial charge in [-0.1, -0.05) is 26.2 Å². The Hall–Kier alpha value is 0. The van der Waals surface area contributed by atoms with E-state index >= 15 is 0 Å². The minimum atomic E-state index is 1.37. The van der Waals surface area contributed by atoms with Crippen LogP contribution in [-0.2, 0) is 0 Å². The molecule has 0 aromatic heterocycles. The predicted molar refractivity (Wildman–Crippen MR) is 36.6 cm³/mol. The van der Waals surface area contributed by atoms with E-state index in [0.717, 1.165) is 0 Å². The van der Waals surface area contributed by atoms with Gasteiger partial charge >= 0.3 is 0 Å². The highest BCUT2D eigenvalue weighted by Gasteiger charge is 2.01. The molecule has 0 radical (unpaired) electrons. The molecule has 1 saturated carbocycles. The van der Waals surface area contributed by atoms with Crippen LogP contribution in [0.15, 0.2) is 0 Å². The van der Waals surface area contributed by atoms with Gasteiger partial charge in [0.15, 0.2) is 0 Å². The third-order valence-electron chi connectivity index (χ3n) is 1.74. The molecule has 1 aliphatic carbocycles. The molecule has 0 aromatic rings. The molecule has 0 heterocycles. The zero-order chi connectivity index (χ0) is 5.82. The summed E-state index contributed by atoms with van der Waals surface area (Å²) in [5.41, 5.74) is 0. The van der Waals surface area contributed by atoms with Crippen LogP contribution in [0.5, 0.6) is 0 Å². The third-order valence-corrected chi connectivity index (χ3v) is 1.74. The minimum absolute atomic E-state index is 1.37. The number of unbranched alkanes of at least 4 members (excludes halogenated alkanes) is 2. The first-order valence-electron chi connectivity index (χ1n) is 3.77. The second-order valence-electron chi connectivity index (χ2n) is 2.71. The third kappa shape index (κ3) is 2.34. The van der Waals surface area contributed by atoms with E-state index in [9.17, 15) is 0 Å². The van der Waals surface area contributed by atoms with Crippen molar-refractivity contribution in [3.8, 4) is 0 Å². The molecule has 0 aromatic carbocycles. The fourth-order valence-electron chi connectivity index (χ4n) is 0.963. The molecular weight excluding hydrogens is 96.1 g/mol. The van der Waals surface area contributed by atoms with E-state index in [0.29, 0.717) is 0 Å². The van der Waals surface area contributed by atoms with Gasteiger partial charge in [0, 0.05) is 0 Å². The van der Waals surface area contributed by atoms with Crippen LogP contribution < -0.4 is 0 Å². The minimum Gasteiger partial charge on any atom is -0.318 e. The molecule has 0 heteroatoms. The Balaban J connectivity index is 1.74. The van der Waals surface area contributed by atoms with Crippen LogP contribution >= 0.6 is 0 Å². The molecule has 0 saturated heterocycles. The highest BCUT2D eigenvalue weighted by molar-refractivity contribution is 5.04. The second-order valence-corrected chi connectivity index (χ2v) is 2.71. The summed E-state index contributed by atoms with van der Waals surface area (Å²) in [6.45, 7) is 2.26. The van der Waals surface area contributed by atoms with Crippen molar-refractivity contribution < 1.29 is 0 Å². The Morgan fingerprint density at radius 3 is 2.50 bits per heavy atom. The highest BCUT2D eigenvalue weighted by atomic mass is 14.2. The smallest absolute Gasteiger partial charge is 0.0560 e. The predicted octanol–water partition coefficient (Wildman–Crippen LogP) is 2.93. The van der Waals surface area contributed by atoms with Gasteiger partial charge in [-0.3, -0.25) is 0 Å². The molecular formula is C8H15-. The lowest BCUT2D eigenvalue weighted by atomic mass is 10.1. The average Bonchev–Trinajstić information content (AvgIpc) is 2.51. The topological polar surface area (TPSA) is 0 Å². The van der Waals surface area contributed by atoms with Crippen molar-refractivity contribution in [2.45, 2.75) is 45.4 Å². The molecule has 0 spiro atoms. The van der Waals surface area contributed by atoms with Crippen LogP contribution in [-0.4, -0.2) is 0 Å². The summed E-state index contributed by atoms with van der Waals surface area (Å²) in [6, 6.07) is 0. The SMILES string of the molecule is CCCCC[C-]1CC1. The normalized spacial score (nSPS) is 19.1. The Morgan fingerprint density at radius 2 is 2.00 bits per heavy atom. The molecule has 1 aliphatic rings. The summed E-state index contributed by atoms with van der Waals surface area (Å²) in [4.78, 5) is 0. The Kier molecular flexibility index (Phi) is 2.38. The van der Waals surface area contributed by atoms with Crippen LogP contribution in [0.1, 0.15) is 45.4 Å². The largest absolute Gasteiger partial charge is 0.318 e. The van der Waals surface area contributed by atoms with E-state index in [1.54, 1.807) is 0 Å². The molecule has 0 N–H and O–H groups in total. The number of rotatable bonds is 4. The maximum atomic E-state index is 2.26. The van der Waals surface area contributed by atoms with Gasteiger partial charge in [0.25, 0.3) is 0 Å². The van der Waals surface area contributed by atoms with E-state index in [1.807, 2.05) is 5.92 Å². The van der Waals surface area contributed by atoms with Crippen molar-refractivity contribution in [2.75, 3.05) is 0 Å². The monoisotopic (exact) mass is 111 g/mol. The summed E-state index contributed by atoms with van der Waals surface area (Å²) < 4.78 is 0. The summed E-state index contributed by atoms with van der Waals surface area (Å²) in [6.07, 6.45) is 8.59. The van der Waals surface area contributed by atoms with Gasteiger partial charge in [-0.2, -0.15) is 6.42 Å². The molecule has 0 amide bonds. The van der Waals surface area contributed by atoms with Gasteiger partial charge in [0.2, 0.25) is 0 Å². The standard InChI is InChI=1S/C8H15/c1-2-3-4-5-8-6-7-8/h2-7H2,1H3/q-1. The van der Waals surface area contributed by atoms with Gasteiger partial charge in [-0.05, 0) is 0 Å². The van der Waals surface area contributed by atoms with E-state index in [2.05, 4.69) is 6.92 Å². The maximum absolute atomic E-state index is 2.26. The first-order valence-corrected chi connectivity index (χ1v) is 3.77. The van der Waals surface area contributed by atoms with Gasteiger partial charge < -0.3 is 5.92 Å². The van der Waals surface area contributed by atoms with Crippen LogP contribution in [0, 0.1) is 5.92 Å². The van der Waals surface area contributed by atoms with Gasteiger partial charge in [0.1, 0.15) is 0 Å². The molecule has 0 bridgehead atoms. The Bertz CT molecular complexity index is 53.1. The lowest BCUT2D eigenvalue weighted by Crippen LogP contribution is -1.74. The molecule has 8 heavy (non-hydrogen) atoms. The van der Waals surface area contributed by atoms with E-state index in [-0.39, 0.29) is 0 Å². The van der Waals surface area contributed by atoms with Crippen molar-refractivity contribution in [3.05, 3.63) is 5.92 Å². The van der Waals surface area contributed by atoms with Crippen molar-refractivity contribution in [3.63, 3.8) is 0 Å². The van der Waals surface area contributed by atoms with Crippen LogP contribution in [0.3, 0.4) is 0 Å². The molecule has 0 unspecified atom stereocenters.